The second-order valence-electron chi connectivity index (χ2n) is 5.29. The van der Waals surface area contributed by atoms with Crippen molar-refractivity contribution >= 4 is 17.4 Å². The van der Waals surface area contributed by atoms with Crippen LogP contribution in [0.25, 0.3) is 0 Å². The van der Waals surface area contributed by atoms with Crippen molar-refractivity contribution in [2.24, 2.45) is 5.92 Å². The highest BCUT2D eigenvalue weighted by Gasteiger charge is 2.20. The van der Waals surface area contributed by atoms with Crippen molar-refractivity contribution in [1.82, 2.24) is 5.32 Å². The minimum absolute atomic E-state index is 0.745. The molecule has 1 fully saturated rings. The number of hydrogen-bond acceptors (Lipinski definition) is 3. The Hall–Kier alpha value is -0.670. The lowest BCUT2D eigenvalue weighted by Crippen LogP contribution is -2.30. The summed E-state index contributed by atoms with van der Waals surface area (Å²) in [6.07, 6.45) is 8.66. The predicted molar refractivity (Wildman–Crippen MR) is 81.1 cm³/mol. The molecule has 0 atom stereocenters. The number of hydrogen-bond donors (Lipinski definition) is 2. The van der Waals surface area contributed by atoms with Crippen LogP contribution in [0.5, 0.6) is 0 Å². The Morgan fingerprint density at radius 1 is 1.28 bits per heavy atom. The Morgan fingerprint density at radius 2 is 2.00 bits per heavy atom. The van der Waals surface area contributed by atoms with Crippen LogP contribution < -0.4 is 11.1 Å². The summed E-state index contributed by atoms with van der Waals surface area (Å²) in [6.45, 7) is 0. The molecule has 0 aromatic heterocycles. The molecule has 3 heteroatoms. The van der Waals surface area contributed by atoms with Gasteiger partial charge < -0.3 is 11.1 Å². The van der Waals surface area contributed by atoms with Crippen LogP contribution in [0, 0.1) is 5.92 Å². The molecule has 2 nitrogen and oxygen atoms in total. The Morgan fingerprint density at radius 3 is 2.61 bits per heavy atom. The maximum Gasteiger partial charge on any atom is 0.0452 e. The maximum absolute atomic E-state index is 5.94. The molecule has 0 amide bonds. The van der Waals surface area contributed by atoms with E-state index >= 15 is 0 Å². The number of thioether (sulfide) groups is 1. The van der Waals surface area contributed by atoms with E-state index in [2.05, 4.69) is 36.8 Å². The highest BCUT2D eigenvalue weighted by molar-refractivity contribution is 7.98. The van der Waals surface area contributed by atoms with Crippen molar-refractivity contribution in [2.45, 2.75) is 43.0 Å². The van der Waals surface area contributed by atoms with E-state index in [0.29, 0.717) is 0 Å². The summed E-state index contributed by atoms with van der Waals surface area (Å²) in [6, 6.07) is 7.26. The zero-order valence-corrected chi connectivity index (χ0v) is 12.2. The predicted octanol–water partition coefficient (Wildman–Crippen LogP) is 3.31. The minimum Gasteiger partial charge on any atom is -0.398 e. The van der Waals surface area contributed by atoms with E-state index in [-0.39, 0.29) is 0 Å². The average molecular weight is 264 g/mol. The molecule has 0 unspecified atom stereocenters. The van der Waals surface area contributed by atoms with Crippen molar-refractivity contribution in [3.8, 4) is 0 Å². The quantitative estimate of drug-likeness (QED) is 0.647. The summed E-state index contributed by atoms with van der Waals surface area (Å²) in [5, 5.41) is 3.39. The average Bonchev–Trinajstić information content (AvgIpc) is 2.42. The minimum atomic E-state index is 0.745. The van der Waals surface area contributed by atoms with Gasteiger partial charge in [-0.25, -0.2) is 0 Å². The van der Waals surface area contributed by atoms with Gasteiger partial charge in [0.25, 0.3) is 0 Å². The fraction of sp³-hybridized carbons (Fsp3) is 0.600. The van der Waals surface area contributed by atoms with Gasteiger partial charge in [-0.05, 0) is 69.0 Å². The highest BCUT2D eigenvalue weighted by Crippen LogP contribution is 2.30. The van der Waals surface area contributed by atoms with E-state index < -0.39 is 0 Å². The van der Waals surface area contributed by atoms with E-state index in [4.69, 9.17) is 5.73 Å². The summed E-state index contributed by atoms with van der Waals surface area (Å²) >= 11 is 1.74. The lowest BCUT2D eigenvalue weighted by molar-refractivity contribution is 0.300. The largest absolute Gasteiger partial charge is 0.398 e. The fourth-order valence-corrected chi connectivity index (χ4v) is 3.44. The number of nitrogen functional groups attached to an aromatic ring is 1. The van der Waals surface area contributed by atoms with Gasteiger partial charge in [-0.3, -0.25) is 0 Å². The molecule has 0 heterocycles. The standard InChI is InChI=1S/C15H24N2S/c1-17-13-6-3-11(4-7-13)9-12-5-8-14(16)15(10-12)18-2/h5,8,10-11,13,17H,3-4,6-7,9,16H2,1-2H3. The molecule has 0 radical (unpaired) electrons. The van der Waals surface area contributed by atoms with Crippen molar-refractivity contribution in [3.63, 3.8) is 0 Å². The molecule has 0 bridgehead atoms. The van der Waals surface area contributed by atoms with Gasteiger partial charge in [0.05, 0.1) is 0 Å². The van der Waals surface area contributed by atoms with Gasteiger partial charge in [0.15, 0.2) is 0 Å². The normalized spacial score (nSPS) is 24.1. The van der Waals surface area contributed by atoms with Crippen molar-refractivity contribution in [1.29, 1.82) is 0 Å². The molecule has 0 aliphatic heterocycles. The monoisotopic (exact) mass is 264 g/mol. The molecule has 1 aromatic carbocycles. The third-order valence-electron chi connectivity index (χ3n) is 4.08. The van der Waals surface area contributed by atoms with E-state index in [1.807, 2.05) is 0 Å². The fourth-order valence-electron chi connectivity index (χ4n) is 2.87. The molecular formula is C15H24N2S. The van der Waals surface area contributed by atoms with Crippen LogP contribution in [0.15, 0.2) is 23.1 Å². The van der Waals surface area contributed by atoms with Crippen molar-refractivity contribution < 1.29 is 0 Å². The highest BCUT2D eigenvalue weighted by atomic mass is 32.2. The summed E-state index contributed by atoms with van der Waals surface area (Å²) in [7, 11) is 2.08. The molecule has 0 spiro atoms. The Bertz CT molecular complexity index is 384. The number of nitrogens with two attached hydrogens (primary N) is 1. The summed E-state index contributed by atoms with van der Waals surface area (Å²) in [4.78, 5) is 1.22. The first-order valence-corrected chi connectivity index (χ1v) is 8.05. The molecule has 1 aromatic rings. The van der Waals surface area contributed by atoms with E-state index in [1.165, 1.54) is 42.6 Å². The Balaban J connectivity index is 1.94. The van der Waals surface area contributed by atoms with Gasteiger partial charge in [0, 0.05) is 16.6 Å². The van der Waals surface area contributed by atoms with Gasteiger partial charge >= 0.3 is 0 Å². The van der Waals surface area contributed by atoms with Crippen molar-refractivity contribution in [2.75, 3.05) is 19.0 Å². The third kappa shape index (κ3) is 3.42. The van der Waals surface area contributed by atoms with Crippen LogP contribution in [0.1, 0.15) is 31.2 Å². The van der Waals surface area contributed by atoms with Crippen LogP contribution in [-0.2, 0) is 6.42 Å². The smallest absolute Gasteiger partial charge is 0.0452 e. The zero-order valence-electron chi connectivity index (χ0n) is 11.4. The molecule has 18 heavy (non-hydrogen) atoms. The van der Waals surface area contributed by atoms with Gasteiger partial charge in [0.1, 0.15) is 0 Å². The first kappa shape index (κ1) is 13.8. The Labute approximate surface area is 115 Å². The molecule has 100 valence electrons. The molecule has 1 aliphatic rings. The topological polar surface area (TPSA) is 38.0 Å². The molecule has 2 rings (SSSR count). The Kier molecular flexibility index (Phi) is 4.95. The lowest BCUT2D eigenvalue weighted by Gasteiger charge is -2.28. The van der Waals surface area contributed by atoms with Gasteiger partial charge in [-0.2, -0.15) is 0 Å². The first-order valence-electron chi connectivity index (χ1n) is 6.82. The maximum atomic E-state index is 5.94. The zero-order chi connectivity index (χ0) is 13.0. The number of benzene rings is 1. The van der Waals surface area contributed by atoms with Crippen LogP contribution in [0.4, 0.5) is 5.69 Å². The summed E-state index contributed by atoms with van der Waals surface area (Å²) in [5.74, 6) is 0.855. The summed E-state index contributed by atoms with van der Waals surface area (Å²) in [5.41, 5.74) is 8.29. The van der Waals surface area contributed by atoms with Crippen LogP contribution in [-0.4, -0.2) is 19.3 Å². The van der Waals surface area contributed by atoms with Gasteiger partial charge in [0.2, 0.25) is 0 Å². The molecule has 1 aliphatic carbocycles. The lowest BCUT2D eigenvalue weighted by atomic mass is 9.82. The van der Waals surface area contributed by atoms with Crippen LogP contribution in [0.3, 0.4) is 0 Å². The summed E-state index contributed by atoms with van der Waals surface area (Å²) < 4.78 is 0. The van der Waals surface area contributed by atoms with Crippen LogP contribution in [0.2, 0.25) is 0 Å². The molecule has 3 N–H and O–H groups in total. The van der Waals surface area contributed by atoms with E-state index in [0.717, 1.165) is 17.6 Å². The SMILES string of the molecule is CNC1CCC(Cc2ccc(N)c(SC)c2)CC1. The second-order valence-corrected chi connectivity index (χ2v) is 6.13. The van der Waals surface area contributed by atoms with E-state index in [9.17, 15) is 0 Å². The second kappa shape index (κ2) is 6.48. The number of rotatable bonds is 4. The molecular weight excluding hydrogens is 240 g/mol. The third-order valence-corrected chi connectivity index (χ3v) is 4.87. The van der Waals surface area contributed by atoms with E-state index in [1.54, 1.807) is 11.8 Å². The van der Waals surface area contributed by atoms with Crippen LogP contribution >= 0.6 is 11.8 Å². The first-order chi connectivity index (χ1) is 8.72. The molecule has 0 saturated heterocycles. The number of nitrogens with one attached hydrogen (secondary N) is 1. The van der Waals surface area contributed by atoms with Crippen molar-refractivity contribution in [3.05, 3.63) is 23.8 Å². The number of anilines is 1. The van der Waals surface area contributed by atoms with Gasteiger partial charge in [-0.1, -0.05) is 6.07 Å². The van der Waals surface area contributed by atoms with Gasteiger partial charge in [-0.15, -0.1) is 11.8 Å². The molecule has 1 saturated carbocycles.